The number of nitriles is 1. The van der Waals surface area contributed by atoms with Crippen molar-refractivity contribution in [3.8, 4) is 6.07 Å². The van der Waals surface area contributed by atoms with E-state index in [9.17, 15) is 18.3 Å². The van der Waals surface area contributed by atoms with E-state index in [0.29, 0.717) is 0 Å². The lowest BCUT2D eigenvalue weighted by atomic mass is 9.99. The Hall–Kier alpha value is -1.10. The first-order valence-electron chi connectivity index (χ1n) is 4.39. The van der Waals surface area contributed by atoms with E-state index in [1.54, 1.807) is 0 Å². The zero-order chi connectivity index (χ0) is 13.2. The summed E-state index contributed by atoms with van der Waals surface area (Å²) in [4.78, 5) is 0. The Labute approximate surface area is 103 Å². The van der Waals surface area contributed by atoms with Gasteiger partial charge >= 0.3 is 6.18 Å². The molecule has 0 radical (unpaired) electrons. The fourth-order valence-corrected chi connectivity index (χ4v) is 1.63. The third-order valence-electron chi connectivity index (χ3n) is 2.07. The average Bonchev–Trinajstić information content (AvgIpc) is 2.25. The summed E-state index contributed by atoms with van der Waals surface area (Å²) in [5.74, 6) is 0. The van der Waals surface area contributed by atoms with Crippen LogP contribution in [0.3, 0.4) is 0 Å². The van der Waals surface area contributed by atoms with Gasteiger partial charge in [0.2, 0.25) is 0 Å². The van der Waals surface area contributed by atoms with Gasteiger partial charge in [0.15, 0.2) is 6.10 Å². The lowest BCUT2D eigenvalue weighted by Crippen LogP contribution is -2.20. The van der Waals surface area contributed by atoms with Gasteiger partial charge in [-0.25, -0.2) is 0 Å². The van der Waals surface area contributed by atoms with Crippen LogP contribution in [0.4, 0.5) is 13.2 Å². The summed E-state index contributed by atoms with van der Waals surface area (Å²) in [5, 5.41) is 26.8. The van der Waals surface area contributed by atoms with E-state index in [1.807, 2.05) is 0 Å². The second-order valence-corrected chi connectivity index (χ2v) is 4.16. The largest absolute Gasteiger partial charge is 0.416 e. The Morgan fingerprint density at radius 2 is 1.88 bits per heavy atom. The van der Waals surface area contributed by atoms with E-state index >= 15 is 0 Å². The highest BCUT2D eigenvalue weighted by Crippen LogP contribution is 2.37. The summed E-state index contributed by atoms with van der Waals surface area (Å²) >= 11 is 2.88. The van der Waals surface area contributed by atoms with Crippen molar-refractivity contribution < 1.29 is 23.4 Å². The SMILES string of the molecule is N#CC(O)C(O)c1ccc(Br)cc1C(F)(F)F. The van der Waals surface area contributed by atoms with Gasteiger partial charge in [0, 0.05) is 4.47 Å². The zero-order valence-electron chi connectivity index (χ0n) is 8.24. The number of aliphatic hydroxyl groups is 2. The molecule has 2 atom stereocenters. The van der Waals surface area contributed by atoms with Gasteiger partial charge in [-0.05, 0) is 17.7 Å². The number of benzene rings is 1. The summed E-state index contributed by atoms with van der Waals surface area (Å²) in [5.41, 5.74) is -1.62. The first kappa shape index (κ1) is 14.0. The van der Waals surface area contributed by atoms with Gasteiger partial charge in [0.25, 0.3) is 0 Å². The topological polar surface area (TPSA) is 64.2 Å². The number of aliphatic hydroxyl groups excluding tert-OH is 2. The maximum absolute atomic E-state index is 12.7. The fraction of sp³-hybridized carbons (Fsp3) is 0.300. The normalized spacial score (nSPS) is 15.1. The zero-order valence-corrected chi connectivity index (χ0v) is 9.83. The van der Waals surface area contributed by atoms with Crippen molar-refractivity contribution in [3.63, 3.8) is 0 Å². The maximum Gasteiger partial charge on any atom is 0.416 e. The highest BCUT2D eigenvalue weighted by molar-refractivity contribution is 9.10. The molecule has 1 rings (SSSR count). The Morgan fingerprint density at radius 1 is 1.29 bits per heavy atom. The lowest BCUT2D eigenvalue weighted by Gasteiger charge is -2.18. The molecule has 2 unspecified atom stereocenters. The molecule has 0 fully saturated rings. The number of hydrogen-bond acceptors (Lipinski definition) is 3. The average molecular weight is 310 g/mol. The molecular formula is C10H7BrF3NO2. The van der Waals surface area contributed by atoms with E-state index < -0.39 is 29.5 Å². The quantitative estimate of drug-likeness (QED) is 0.824. The third kappa shape index (κ3) is 3.19. The van der Waals surface area contributed by atoms with Crippen LogP contribution in [-0.4, -0.2) is 16.3 Å². The molecule has 0 saturated heterocycles. The molecule has 0 bridgehead atoms. The number of nitrogens with zero attached hydrogens (tertiary/aromatic N) is 1. The van der Waals surface area contributed by atoms with Gasteiger partial charge in [-0.2, -0.15) is 18.4 Å². The van der Waals surface area contributed by atoms with Crippen LogP contribution in [0.2, 0.25) is 0 Å². The molecule has 92 valence electrons. The second-order valence-electron chi connectivity index (χ2n) is 3.25. The van der Waals surface area contributed by atoms with Gasteiger partial charge in [-0.15, -0.1) is 0 Å². The molecule has 2 N–H and O–H groups in total. The highest BCUT2D eigenvalue weighted by atomic mass is 79.9. The molecular weight excluding hydrogens is 303 g/mol. The summed E-state index contributed by atoms with van der Waals surface area (Å²) in [7, 11) is 0. The summed E-state index contributed by atoms with van der Waals surface area (Å²) < 4.78 is 38.2. The Kier molecular flexibility index (Phi) is 4.14. The van der Waals surface area contributed by atoms with Gasteiger partial charge in [0.05, 0.1) is 11.6 Å². The van der Waals surface area contributed by atoms with Crippen molar-refractivity contribution in [1.29, 1.82) is 5.26 Å². The van der Waals surface area contributed by atoms with Crippen LogP contribution in [0.1, 0.15) is 17.2 Å². The van der Waals surface area contributed by atoms with Crippen molar-refractivity contribution in [2.24, 2.45) is 0 Å². The van der Waals surface area contributed by atoms with Crippen molar-refractivity contribution in [2.45, 2.75) is 18.4 Å². The van der Waals surface area contributed by atoms with Gasteiger partial charge < -0.3 is 10.2 Å². The minimum absolute atomic E-state index is 0.187. The Balaban J connectivity index is 3.30. The summed E-state index contributed by atoms with van der Waals surface area (Å²) in [6, 6.07) is 4.36. The minimum Gasteiger partial charge on any atom is -0.385 e. The first-order valence-corrected chi connectivity index (χ1v) is 5.19. The number of rotatable bonds is 2. The van der Waals surface area contributed by atoms with Crippen LogP contribution in [-0.2, 0) is 6.18 Å². The molecule has 0 amide bonds. The predicted molar refractivity (Wildman–Crippen MR) is 55.7 cm³/mol. The van der Waals surface area contributed by atoms with Crippen molar-refractivity contribution >= 4 is 15.9 Å². The van der Waals surface area contributed by atoms with Crippen molar-refractivity contribution in [2.75, 3.05) is 0 Å². The van der Waals surface area contributed by atoms with Crippen LogP contribution in [0.25, 0.3) is 0 Å². The molecule has 3 nitrogen and oxygen atoms in total. The monoisotopic (exact) mass is 309 g/mol. The Bertz CT molecular complexity index is 456. The van der Waals surface area contributed by atoms with Crippen LogP contribution in [0.15, 0.2) is 22.7 Å². The van der Waals surface area contributed by atoms with E-state index in [2.05, 4.69) is 15.9 Å². The van der Waals surface area contributed by atoms with E-state index in [1.165, 1.54) is 12.1 Å². The standard InChI is InChI=1S/C10H7BrF3NO2/c11-5-1-2-6(9(17)8(16)4-15)7(3-5)10(12,13)14/h1-3,8-9,16-17H. The van der Waals surface area contributed by atoms with E-state index in [-0.39, 0.29) is 4.47 Å². The predicted octanol–water partition coefficient (Wildman–Crippen LogP) is 2.39. The van der Waals surface area contributed by atoms with E-state index in [4.69, 9.17) is 10.4 Å². The second kappa shape index (κ2) is 5.04. The molecule has 0 aliphatic rings. The smallest absolute Gasteiger partial charge is 0.385 e. The Morgan fingerprint density at radius 3 is 2.35 bits per heavy atom. The molecule has 0 aliphatic heterocycles. The molecule has 7 heteroatoms. The number of hydrogen-bond donors (Lipinski definition) is 2. The first-order chi connectivity index (χ1) is 7.77. The molecule has 0 saturated carbocycles. The molecule has 1 aromatic carbocycles. The number of halogens is 4. The molecule has 0 spiro atoms. The highest BCUT2D eigenvalue weighted by Gasteiger charge is 2.36. The minimum atomic E-state index is -4.67. The van der Waals surface area contributed by atoms with Crippen LogP contribution in [0.5, 0.6) is 0 Å². The van der Waals surface area contributed by atoms with Crippen LogP contribution in [0, 0.1) is 11.3 Å². The van der Waals surface area contributed by atoms with Gasteiger partial charge in [-0.1, -0.05) is 22.0 Å². The molecule has 1 aromatic rings. The maximum atomic E-state index is 12.7. The van der Waals surface area contributed by atoms with Gasteiger partial charge in [-0.3, -0.25) is 0 Å². The van der Waals surface area contributed by atoms with Crippen LogP contribution >= 0.6 is 15.9 Å². The third-order valence-corrected chi connectivity index (χ3v) is 2.56. The van der Waals surface area contributed by atoms with Crippen molar-refractivity contribution in [1.82, 2.24) is 0 Å². The summed E-state index contributed by atoms with van der Waals surface area (Å²) in [6.45, 7) is 0. The fourth-order valence-electron chi connectivity index (χ4n) is 1.27. The molecule has 0 heterocycles. The van der Waals surface area contributed by atoms with Crippen LogP contribution < -0.4 is 0 Å². The summed E-state index contributed by atoms with van der Waals surface area (Å²) in [6.07, 6.45) is -8.48. The van der Waals surface area contributed by atoms with E-state index in [0.717, 1.165) is 12.1 Å². The number of alkyl halides is 3. The molecule has 17 heavy (non-hydrogen) atoms. The molecule has 0 aliphatic carbocycles. The van der Waals surface area contributed by atoms with Crippen molar-refractivity contribution in [3.05, 3.63) is 33.8 Å². The molecule has 0 aromatic heterocycles. The lowest BCUT2D eigenvalue weighted by molar-refractivity contribution is -0.139. The van der Waals surface area contributed by atoms with Gasteiger partial charge in [0.1, 0.15) is 6.10 Å².